The summed E-state index contributed by atoms with van der Waals surface area (Å²) in [4.78, 5) is 46.8. The van der Waals surface area contributed by atoms with Gasteiger partial charge in [-0.25, -0.2) is 0 Å². The van der Waals surface area contributed by atoms with E-state index >= 15 is 0 Å². The van der Waals surface area contributed by atoms with Gasteiger partial charge in [0.2, 0.25) is 11.8 Å². The van der Waals surface area contributed by atoms with Crippen LogP contribution in [0.15, 0.2) is 97.1 Å². The number of piperazine rings is 1. The van der Waals surface area contributed by atoms with Crippen LogP contribution in [0.1, 0.15) is 27.0 Å². The minimum atomic E-state index is -0.740. The predicted octanol–water partition coefficient (Wildman–Crippen LogP) is 5.36. The molecule has 0 radical (unpaired) electrons. The first-order valence-corrected chi connectivity index (χ1v) is 16.5. The van der Waals surface area contributed by atoms with Crippen molar-refractivity contribution in [1.82, 2.24) is 15.5 Å². The van der Waals surface area contributed by atoms with Crippen molar-refractivity contribution in [3.05, 3.63) is 129 Å². The predicted molar refractivity (Wildman–Crippen MR) is 187 cm³/mol. The van der Waals surface area contributed by atoms with Crippen LogP contribution in [-0.2, 0) is 29.0 Å². The van der Waals surface area contributed by atoms with Gasteiger partial charge >= 0.3 is 0 Å². The molecule has 0 aromatic heterocycles. The fraction of sp³-hybridized carbons (Fsp3) is 0.270. The number of carbonyl (C=O) groups is 3. The number of amides is 3. The second-order valence-electron chi connectivity index (χ2n) is 12.0. The van der Waals surface area contributed by atoms with Gasteiger partial charge in [0.15, 0.2) is 0 Å². The van der Waals surface area contributed by atoms with E-state index in [0.29, 0.717) is 61.2 Å². The lowest BCUT2D eigenvalue weighted by atomic mass is 9.95. The molecular formula is C37H37Cl2N5O3. The molecule has 3 amide bonds. The number of benzene rings is 4. The first kappa shape index (κ1) is 32.6. The van der Waals surface area contributed by atoms with Gasteiger partial charge in [0.25, 0.3) is 5.91 Å². The smallest absolute Gasteiger partial charge is 0.260 e. The van der Waals surface area contributed by atoms with Gasteiger partial charge in [-0.15, -0.1) is 0 Å². The fourth-order valence-electron chi connectivity index (χ4n) is 6.25. The molecule has 2 atom stereocenters. The van der Waals surface area contributed by atoms with Crippen LogP contribution in [0.2, 0.25) is 10.0 Å². The SMILES string of the molecule is CN(C(=O)c1ccccc1N1CCN(C(=O)[C@@H](Cc2ccc(Cl)cc2)NC(=O)[C@@H]2Cc3ccccc3CN2)CC1)c1ccc(Cl)cc1. The third-order valence-electron chi connectivity index (χ3n) is 8.95. The van der Waals surface area contributed by atoms with Gasteiger partial charge in [0, 0.05) is 67.6 Å². The third kappa shape index (κ3) is 7.62. The zero-order valence-electron chi connectivity index (χ0n) is 26.2. The highest BCUT2D eigenvalue weighted by Crippen LogP contribution is 2.26. The number of nitrogens with one attached hydrogen (secondary N) is 2. The van der Waals surface area contributed by atoms with E-state index in [0.717, 1.165) is 22.5 Å². The first-order valence-electron chi connectivity index (χ1n) is 15.8. The Labute approximate surface area is 285 Å². The van der Waals surface area contributed by atoms with E-state index in [4.69, 9.17) is 23.2 Å². The van der Waals surface area contributed by atoms with Crippen LogP contribution in [0.4, 0.5) is 11.4 Å². The molecule has 2 N–H and O–H groups in total. The maximum absolute atomic E-state index is 14.1. The average Bonchev–Trinajstić information content (AvgIpc) is 3.11. The average molecular weight is 671 g/mol. The Balaban J connectivity index is 1.14. The molecule has 2 heterocycles. The molecule has 6 rings (SSSR count). The highest BCUT2D eigenvalue weighted by atomic mass is 35.5. The minimum absolute atomic E-state index is 0.129. The zero-order chi connectivity index (χ0) is 32.9. The quantitative estimate of drug-likeness (QED) is 0.264. The highest BCUT2D eigenvalue weighted by Gasteiger charge is 2.33. The second kappa shape index (κ2) is 14.6. The Kier molecular flexibility index (Phi) is 10.1. The normalized spacial score (nSPS) is 16.6. The van der Waals surface area contributed by atoms with Crippen LogP contribution in [-0.4, -0.2) is 67.9 Å². The van der Waals surface area contributed by atoms with Crippen molar-refractivity contribution in [2.45, 2.75) is 31.5 Å². The van der Waals surface area contributed by atoms with Crippen molar-refractivity contribution >= 4 is 52.3 Å². The molecule has 0 aliphatic carbocycles. The summed E-state index contributed by atoms with van der Waals surface area (Å²) in [5.74, 6) is -0.454. The van der Waals surface area contributed by atoms with E-state index in [1.165, 1.54) is 5.56 Å². The van der Waals surface area contributed by atoms with Crippen LogP contribution in [0.25, 0.3) is 0 Å². The minimum Gasteiger partial charge on any atom is -0.367 e. The summed E-state index contributed by atoms with van der Waals surface area (Å²) < 4.78 is 0. The standard InChI is InChI=1S/C37H37Cl2N5O3/c1-42(30-16-14-29(39)15-17-30)36(46)31-8-4-5-9-34(31)43-18-20-44(21-19-43)37(47)33(22-25-10-12-28(38)13-11-25)41-35(45)32-23-26-6-2-3-7-27(26)24-40-32/h2-17,32-33,40H,18-24H2,1H3,(H,41,45)/t32-,33+/m0/s1. The largest absolute Gasteiger partial charge is 0.367 e. The van der Waals surface area contributed by atoms with E-state index in [9.17, 15) is 14.4 Å². The van der Waals surface area contributed by atoms with Crippen LogP contribution >= 0.6 is 23.2 Å². The zero-order valence-corrected chi connectivity index (χ0v) is 27.7. The Morgan fingerprint density at radius 2 is 1.45 bits per heavy atom. The van der Waals surface area contributed by atoms with Gasteiger partial charge in [0.1, 0.15) is 6.04 Å². The molecule has 1 saturated heterocycles. The van der Waals surface area contributed by atoms with Crippen molar-refractivity contribution in [2.24, 2.45) is 0 Å². The summed E-state index contributed by atoms with van der Waals surface area (Å²) >= 11 is 12.2. The van der Waals surface area contributed by atoms with Crippen molar-refractivity contribution in [2.75, 3.05) is 43.0 Å². The molecule has 1 fully saturated rings. The molecule has 4 aromatic rings. The van der Waals surface area contributed by atoms with Crippen molar-refractivity contribution in [1.29, 1.82) is 0 Å². The second-order valence-corrected chi connectivity index (χ2v) is 12.8. The van der Waals surface area contributed by atoms with Gasteiger partial charge in [0.05, 0.1) is 11.6 Å². The third-order valence-corrected chi connectivity index (χ3v) is 9.45. The molecule has 4 aromatic carbocycles. The Morgan fingerprint density at radius 3 is 2.15 bits per heavy atom. The molecule has 0 saturated carbocycles. The molecule has 10 heteroatoms. The molecule has 0 bridgehead atoms. The van der Waals surface area contributed by atoms with E-state index in [1.807, 2.05) is 71.6 Å². The van der Waals surface area contributed by atoms with Crippen LogP contribution in [0, 0.1) is 0 Å². The molecular weight excluding hydrogens is 633 g/mol. The number of hydrogen-bond donors (Lipinski definition) is 2. The number of rotatable bonds is 8. The number of halogens is 2. The van der Waals surface area contributed by atoms with Crippen molar-refractivity contribution in [3.63, 3.8) is 0 Å². The molecule has 0 unspecified atom stereocenters. The number of hydrogen-bond acceptors (Lipinski definition) is 5. The van der Waals surface area contributed by atoms with Crippen LogP contribution < -0.4 is 20.4 Å². The monoisotopic (exact) mass is 669 g/mol. The van der Waals surface area contributed by atoms with E-state index < -0.39 is 12.1 Å². The van der Waals surface area contributed by atoms with E-state index in [-0.39, 0.29) is 17.7 Å². The summed E-state index contributed by atoms with van der Waals surface area (Å²) in [7, 11) is 1.75. The first-order chi connectivity index (χ1) is 22.8. The number of nitrogens with zero attached hydrogens (tertiary/aromatic N) is 3. The maximum atomic E-state index is 14.1. The van der Waals surface area contributed by atoms with Gasteiger partial charge in [-0.05, 0) is 71.6 Å². The fourth-order valence-corrected chi connectivity index (χ4v) is 6.50. The summed E-state index contributed by atoms with van der Waals surface area (Å²) in [6.07, 6.45) is 0.910. The topological polar surface area (TPSA) is 85.0 Å². The maximum Gasteiger partial charge on any atom is 0.260 e. The van der Waals surface area contributed by atoms with Crippen molar-refractivity contribution in [3.8, 4) is 0 Å². The summed E-state index contributed by atoms with van der Waals surface area (Å²) in [6, 6.07) is 29.0. The lowest BCUT2D eigenvalue weighted by molar-refractivity contribution is -0.137. The molecule has 8 nitrogen and oxygen atoms in total. The molecule has 2 aliphatic rings. The van der Waals surface area contributed by atoms with Gasteiger partial charge in [-0.2, -0.15) is 0 Å². The van der Waals surface area contributed by atoms with E-state index in [1.54, 1.807) is 36.2 Å². The molecule has 242 valence electrons. The molecule has 2 aliphatic heterocycles. The number of carbonyl (C=O) groups excluding carboxylic acids is 3. The van der Waals surface area contributed by atoms with E-state index in [2.05, 4.69) is 21.6 Å². The summed E-state index contributed by atoms with van der Waals surface area (Å²) in [5, 5.41) is 7.63. The lowest BCUT2D eigenvalue weighted by Gasteiger charge is -2.38. The van der Waals surface area contributed by atoms with Gasteiger partial charge in [-0.3, -0.25) is 14.4 Å². The number of anilines is 2. The summed E-state index contributed by atoms with van der Waals surface area (Å²) in [5.41, 5.74) is 5.38. The Hall–Kier alpha value is -4.37. The highest BCUT2D eigenvalue weighted by molar-refractivity contribution is 6.31. The number of para-hydroxylation sites is 1. The van der Waals surface area contributed by atoms with Crippen LogP contribution in [0.3, 0.4) is 0 Å². The van der Waals surface area contributed by atoms with Gasteiger partial charge in [-0.1, -0.05) is 71.7 Å². The van der Waals surface area contributed by atoms with Crippen molar-refractivity contribution < 1.29 is 14.4 Å². The van der Waals surface area contributed by atoms with Crippen LogP contribution in [0.5, 0.6) is 0 Å². The Bertz CT molecular complexity index is 1740. The Morgan fingerprint density at radius 1 is 0.830 bits per heavy atom. The van der Waals surface area contributed by atoms with Gasteiger partial charge < -0.3 is 25.3 Å². The molecule has 0 spiro atoms. The lowest BCUT2D eigenvalue weighted by Crippen LogP contribution is -2.58. The molecule has 47 heavy (non-hydrogen) atoms. The number of fused-ring (bicyclic) bond motifs is 1. The summed E-state index contributed by atoms with van der Waals surface area (Å²) in [6.45, 7) is 2.60.